The maximum absolute atomic E-state index is 12.3. The van der Waals surface area contributed by atoms with Gasteiger partial charge in [-0.25, -0.2) is 4.98 Å². The third-order valence-electron chi connectivity index (χ3n) is 3.39. The average molecular weight is 344 g/mol. The first-order chi connectivity index (χ1) is 11.6. The van der Waals surface area contributed by atoms with Crippen LogP contribution in [0.15, 0.2) is 49.1 Å². The first kappa shape index (κ1) is 16.0. The zero-order valence-corrected chi connectivity index (χ0v) is 13.4. The summed E-state index contributed by atoms with van der Waals surface area (Å²) in [4.78, 5) is 30.0. The van der Waals surface area contributed by atoms with Crippen molar-refractivity contribution >= 4 is 35.1 Å². The minimum absolute atomic E-state index is 0.0449. The van der Waals surface area contributed by atoms with E-state index >= 15 is 0 Å². The molecule has 0 radical (unpaired) electrons. The number of nitrogens with one attached hydrogen (secondary N) is 1. The monoisotopic (exact) mass is 343 g/mol. The number of fused-ring (bicyclic) bond motifs is 1. The zero-order chi connectivity index (χ0) is 17.1. The molecule has 0 fully saturated rings. The lowest BCUT2D eigenvalue weighted by Crippen LogP contribution is -2.39. The molecule has 2 amide bonds. The lowest BCUT2D eigenvalue weighted by molar-refractivity contribution is -0.121. The fourth-order valence-corrected chi connectivity index (χ4v) is 2.47. The summed E-state index contributed by atoms with van der Waals surface area (Å²) in [6, 6.07) is 9.87. The quantitative estimate of drug-likeness (QED) is 0.866. The average Bonchev–Trinajstić information content (AvgIpc) is 2.57. The normalized spacial score (nSPS) is 13.0. The Balaban J connectivity index is 1.86. The van der Waals surface area contributed by atoms with Crippen LogP contribution in [0, 0.1) is 0 Å². The Labute approximate surface area is 143 Å². The maximum atomic E-state index is 12.3. The number of rotatable bonds is 4. The second-order valence-corrected chi connectivity index (χ2v) is 5.50. The van der Waals surface area contributed by atoms with Crippen LogP contribution < -0.4 is 15.0 Å². The molecule has 1 aliphatic heterocycles. The van der Waals surface area contributed by atoms with Crippen molar-refractivity contribution in [3.63, 3.8) is 0 Å². The highest BCUT2D eigenvalue weighted by Crippen LogP contribution is 2.31. The van der Waals surface area contributed by atoms with Gasteiger partial charge >= 0.3 is 0 Å². The number of amides is 2. The molecule has 1 aromatic heterocycles. The van der Waals surface area contributed by atoms with Gasteiger partial charge < -0.3 is 10.1 Å². The molecule has 0 atom stereocenters. The summed E-state index contributed by atoms with van der Waals surface area (Å²) in [6.07, 6.45) is 1.60. The van der Waals surface area contributed by atoms with Gasteiger partial charge in [0.25, 0.3) is 11.8 Å². The standard InChI is InChI=1S/C17H14ClN3O3/c1-2-8-21-15(22)10-24-13-6-7-14(19-16(13)21)20-17(23)11-4-3-5-12(18)9-11/h2-7,9H,1,8,10H2,(H,19,20,23). The molecule has 2 aromatic rings. The molecule has 0 bridgehead atoms. The number of hydrogen-bond donors (Lipinski definition) is 1. The van der Waals surface area contributed by atoms with Crippen molar-refractivity contribution in [2.24, 2.45) is 0 Å². The Morgan fingerprint density at radius 3 is 3.00 bits per heavy atom. The van der Waals surface area contributed by atoms with Crippen LogP contribution in [0.2, 0.25) is 5.02 Å². The second kappa shape index (κ2) is 6.72. The minimum Gasteiger partial charge on any atom is -0.480 e. The Hall–Kier alpha value is -2.86. The van der Waals surface area contributed by atoms with Crippen LogP contribution in [0.1, 0.15) is 10.4 Å². The number of carbonyl (C=O) groups is 2. The third-order valence-corrected chi connectivity index (χ3v) is 3.62. The van der Waals surface area contributed by atoms with Crippen LogP contribution in [-0.2, 0) is 4.79 Å². The maximum Gasteiger partial charge on any atom is 0.266 e. The summed E-state index contributed by atoms with van der Waals surface area (Å²) in [5.74, 6) is 0.592. The predicted octanol–water partition coefficient (Wildman–Crippen LogP) is 2.90. The van der Waals surface area contributed by atoms with E-state index in [1.54, 1.807) is 42.5 Å². The number of pyridine rings is 1. The number of carbonyl (C=O) groups excluding carboxylic acids is 2. The Morgan fingerprint density at radius 1 is 1.42 bits per heavy atom. The third kappa shape index (κ3) is 3.23. The van der Waals surface area contributed by atoms with E-state index in [9.17, 15) is 9.59 Å². The van der Waals surface area contributed by atoms with Crippen molar-refractivity contribution in [2.45, 2.75) is 0 Å². The molecule has 1 aliphatic rings. The second-order valence-electron chi connectivity index (χ2n) is 5.06. The molecular weight excluding hydrogens is 330 g/mol. The lowest BCUT2D eigenvalue weighted by atomic mass is 10.2. The van der Waals surface area contributed by atoms with Gasteiger partial charge in [0.1, 0.15) is 5.82 Å². The number of aromatic nitrogens is 1. The summed E-state index contributed by atoms with van der Waals surface area (Å²) in [5.41, 5.74) is 0.414. The Morgan fingerprint density at radius 2 is 2.25 bits per heavy atom. The van der Waals surface area contributed by atoms with Gasteiger partial charge in [-0.3, -0.25) is 14.5 Å². The van der Waals surface area contributed by atoms with Crippen LogP contribution in [0.25, 0.3) is 0 Å². The van der Waals surface area contributed by atoms with Gasteiger partial charge in [0, 0.05) is 17.1 Å². The van der Waals surface area contributed by atoms with E-state index < -0.39 is 0 Å². The summed E-state index contributed by atoms with van der Waals surface area (Å²) >= 11 is 5.89. The highest BCUT2D eigenvalue weighted by molar-refractivity contribution is 6.31. The van der Waals surface area contributed by atoms with Crippen molar-refractivity contribution in [3.05, 3.63) is 59.6 Å². The van der Waals surface area contributed by atoms with Crippen molar-refractivity contribution in [1.29, 1.82) is 0 Å². The highest BCUT2D eigenvalue weighted by Gasteiger charge is 2.26. The summed E-state index contributed by atoms with van der Waals surface area (Å²) in [6.45, 7) is 3.90. The van der Waals surface area contributed by atoms with E-state index in [0.717, 1.165) is 0 Å². The van der Waals surface area contributed by atoms with Crippen molar-refractivity contribution in [2.75, 3.05) is 23.4 Å². The smallest absolute Gasteiger partial charge is 0.266 e. The molecule has 7 heteroatoms. The van der Waals surface area contributed by atoms with E-state index in [1.165, 1.54) is 4.90 Å². The molecule has 3 rings (SSSR count). The van der Waals surface area contributed by atoms with Gasteiger partial charge in [0.15, 0.2) is 18.2 Å². The van der Waals surface area contributed by atoms with Gasteiger partial charge in [0.2, 0.25) is 0 Å². The molecule has 0 aliphatic carbocycles. The SMILES string of the molecule is C=CCN1C(=O)COc2ccc(NC(=O)c3cccc(Cl)c3)nc21. The number of ether oxygens (including phenoxy) is 1. The molecule has 0 saturated carbocycles. The van der Waals surface area contributed by atoms with Crippen LogP contribution in [0.3, 0.4) is 0 Å². The number of nitrogens with zero attached hydrogens (tertiary/aromatic N) is 2. The first-order valence-electron chi connectivity index (χ1n) is 7.20. The molecule has 0 unspecified atom stereocenters. The molecule has 122 valence electrons. The van der Waals surface area contributed by atoms with E-state index in [2.05, 4.69) is 16.9 Å². The van der Waals surface area contributed by atoms with E-state index in [4.69, 9.17) is 16.3 Å². The zero-order valence-electron chi connectivity index (χ0n) is 12.7. The Kier molecular flexibility index (Phi) is 4.48. The van der Waals surface area contributed by atoms with Crippen molar-refractivity contribution < 1.29 is 14.3 Å². The van der Waals surface area contributed by atoms with Gasteiger partial charge in [-0.1, -0.05) is 23.7 Å². The van der Waals surface area contributed by atoms with Crippen LogP contribution in [0.4, 0.5) is 11.6 Å². The molecular formula is C17H14ClN3O3. The van der Waals surface area contributed by atoms with Crippen LogP contribution >= 0.6 is 11.6 Å². The van der Waals surface area contributed by atoms with Crippen molar-refractivity contribution in [3.8, 4) is 5.75 Å². The first-order valence-corrected chi connectivity index (χ1v) is 7.58. The van der Waals surface area contributed by atoms with Crippen LogP contribution in [0.5, 0.6) is 5.75 Å². The number of halogens is 1. The van der Waals surface area contributed by atoms with Crippen molar-refractivity contribution in [1.82, 2.24) is 4.98 Å². The fraction of sp³-hybridized carbons (Fsp3) is 0.118. The fourth-order valence-electron chi connectivity index (χ4n) is 2.28. The number of anilines is 2. The predicted molar refractivity (Wildman–Crippen MR) is 91.7 cm³/mol. The molecule has 1 aromatic carbocycles. The van der Waals surface area contributed by atoms with E-state index in [0.29, 0.717) is 34.5 Å². The molecule has 0 spiro atoms. The van der Waals surface area contributed by atoms with Gasteiger partial charge in [-0.2, -0.15) is 0 Å². The molecule has 6 nitrogen and oxygen atoms in total. The molecule has 0 saturated heterocycles. The molecule has 2 heterocycles. The molecule has 24 heavy (non-hydrogen) atoms. The van der Waals surface area contributed by atoms with E-state index in [1.807, 2.05) is 0 Å². The topological polar surface area (TPSA) is 71.5 Å². The van der Waals surface area contributed by atoms with Crippen LogP contribution in [-0.4, -0.2) is 29.9 Å². The molecule has 1 N–H and O–H groups in total. The van der Waals surface area contributed by atoms with Gasteiger partial charge in [-0.05, 0) is 30.3 Å². The van der Waals surface area contributed by atoms with Gasteiger partial charge in [-0.15, -0.1) is 6.58 Å². The highest BCUT2D eigenvalue weighted by atomic mass is 35.5. The Bertz CT molecular complexity index is 822. The minimum atomic E-state index is -0.344. The van der Waals surface area contributed by atoms with Gasteiger partial charge in [0.05, 0.1) is 0 Å². The number of hydrogen-bond acceptors (Lipinski definition) is 4. The number of benzene rings is 1. The lowest BCUT2D eigenvalue weighted by Gasteiger charge is -2.27. The summed E-state index contributed by atoms with van der Waals surface area (Å²) in [7, 11) is 0. The summed E-state index contributed by atoms with van der Waals surface area (Å²) < 4.78 is 5.35. The summed E-state index contributed by atoms with van der Waals surface area (Å²) in [5, 5.41) is 3.15. The largest absolute Gasteiger partial charge is 0.480 e. The van der Waals surface area contributed by atoms with E-state index in [-0.39, 0.29) is 18.4 Å².